The molecule has 5 nitrogen and oxygen atoms in total. The number of carbonyl (C=O) groups is 1. The Hall–Kier alpha value is -2.64. The highest BCUT2D eigenvalue weighted by molar-refractivity contribution is 5.90. The fourth-order valence-corrected chi connectivity index (χ4v) is 2.08. The lowest BCUT2D eigenvalue weighted by molar-refractivity contribution is -0.137. The topological polar surface area (TPSA) is 64.0 Å². The number of nitrogens with zero attached hydrogens (tertiary/aromatic N) is 2. The number of hydrogen-bond acceptors (Lipinski definition) is 3. The molecule has 0 aliphatic carbocycles. The number of benzene rings is 1. The summed E-state index contributed by atoms with van der Waals surface area (Å²) in [6.45, 7) is 2.98. The molecule has 0 aliphatic rings. The van der Waals surface area contributed by atoms with Crippen LogP contribution in [-0.4, -0.2) is 15.5 Å². The maximum atomic E-state index is 12.6. The Balaban J connectivity index is 2.16. The second-order valence-electron chi connectivity index (χ2n) is 5.03. The molecular weight excluding hydrogens is 311 g/mol. The van der Waals surface area contributed by atoms with Crippen LogP contribution in [0.2, 0.25) is 0 Å². The van der Waals surface area contributed by atoms with Crippen molar-refractivity contribution in [2.24, 2.45) is 0 Å². The fraction of sp³-hybridized carbons (Fsp3) is 0.267. The summed E-state index contributed by atoms with van der Waals surface area (Å²) in [6, 6.07) is 5.92. The van der Waals surface area contributed by atoms with Gasteiger partial charge in [0.25, 0.3) is 0 Å². The Bertz CT molecular complexity index is 797. The van der Waals surface area contributed by atoms with Crippen molar-refractivity contribution in [3.05, 3.63) is 57.8 Å². The van der Waals surface area contributed by atoms with Gasteiger partial charge in [-0.3, -0.25) is 9.36 Å². The molecular formula is C15H14F3N3O2. The summed E-state index contributed by atoms with van der Waals surface area (Å²) in [4.78, 5) is 27.4. The molecule has 23 heavy (non-hydrogen) atoms. The first-order chi connectivity index (χ1) is 10.7. The number of aromatic nitrogens is 2. The van der Waals surface area contributed by atoms with E-state index in [1.54, 1.807) is 19.9 Å². The van der Waals surface area contributed by atoms with Crippen molar-refractivity contribution in [3.8, 4) is 0 Å². The zero-order valence-corrected chi connectivity index (χ0v) is 12.4. The SMILES string of the molecule is Cc1cc(C)n(CC(=O)Nc2cccc(C(F)(F)F)c2)c(=O)n1. The number of carbonyl (C=O) groups excluding carboxylic acids is 1. The lowest BCUT2D eigenvalue weighted by atomic mass is 10.2. The number of amides is 1. The smallest absolute Gasteiger partial charge is 0.325 e. The molecule has 0 unspecified atom stereocenters. The van der Waals surface area contributed by atoms with Gasteiger partial charge >= 0.3 is 11.9 Å². The van der Waals surface area contributed by atoms with Crippen LogP contribution in [0.5, 0.6) is 0 Å². The molecule has 0 radical (unpaired) electrons. The molecule has 2 rings (SSSR count). The van der Waals surface area contributed by atoms with Crippen LogP contribution in [0.4, 0.5) is 18.9 Å². The predicted molar refractivity (Wildman–Crippen MR) is 78.0 cm³/mol. The fourth-order valence-electron chi connectivity index (χ4n) is 2.08. The summed E-state index contributed by atoms with van der Waals surface area (Å²) in [6.07, 6.45) is -4.49. The number of nitrogens with one attached hydrogen (secondary N) is 1. The van der Waals surface area contributed by atoms with Crippen molar-refractivity contribution in [1.82, 2.24) is 9.55 Å². The number of anilines is 1. The standard InChI is InChI=1S/C15H14F3N3O2/c1-9-6-10(2)21(14(23)19-9)8-13(22)20-12-5-3-4-11(7-12)15(16,17)18/h3-7H,8H2,1-2H3,(H,20,22). The van der Waals surface area contributed by atoms with Gasteiger partial charge in [0.05, 0.1) is 5.56 Å². The first kappa shape index (κ1) is 16.7. The van der Waals surface area contributed by atoms with Gasteiger partial charge in [-0.1, -0.05) is 6.07 Å². The zero-order valence-electron chi connectivity index (χ0n) is 12.4. The van der Waals surface area contributed by atoms with E-state index in [0.717, 1.165) is 16.7 Å². The van der Waals surface area contributed by atoms with Gasteiger partial charge in [-0.2, -0.15) is 18.2 Å². The maximum Gasteiger partial charge on any atom is 0.416 e. The van der Waals surface area contributed by atoms with Crippen molar-refractivity contribution in [2.75, 3.05) is 5.32 Å². The van der Waals surface area contributed by atoms with E-state index < -0.39 is 23.3 Å². The molecule has 2 aromatic rings. The summed E-state index contributed by atoms with van der Waals surface area (Å²) < 4.78 is 39.0. The van der Waals surface area contributed by atoms with Crippen LogP contribution in [0.15, 0.2) is 35.1 Å². The molecule has 1 amide bonds. The molecule has 1 heterocycles. The third kappa shape index (κ3) is 4.18. The number of hydrogen-bond donors (Lipinski definition) is 1. The molecule has 1 aromatic heterocycles. The molecule has 0 saturated carbocycles. The predicted octanol–water partition coefficient (Wildman–Crippen LogP) is 2.52. The molecule has 0 spiro atoms. The monoisotopic (exact) mass is 325 g/mol. The molecule has 1 N–H and O–H groups in total. The summed E-state index contributed by atoms with van der Waals surface area (Å²) >= 11 is 0. The Labute approximate surface area is 129 Å². The molecule has 0 atom stereocenters. The van der Waals surface area contributed by atoms with Crippen molar-refractivity contribution in [1.29, 1.82) is 0 Å². The normalized spacial score (nSPS) is 11.3. The quantitative estimate of drug-likeness (QED) is 0.943. The molecule has 0 fully saturated rings. The van der Waals surface area contributed by atoms with Crippen LogP contribution < -0.4 is 11.0 Å². The van der Waals surface area contributed by atoms with Crippen LogP contribution in [0, 0.1) is 13.8 Å². The van der Waals surface area contributed by atoms with E-state index in [1.165, 1.54) is 12.1 Å². The van der Waals surface area contributed by atoms with Crippen LogP contribution in [-0.2, 0) is 17.5 Å². The maximum absolute atomic E-state index is 12.6. The number of halogens is 3. The lowest BCUT2D eigenvalue weighted by Gasteiger charge is -2.12. The van der Waals surface area contributed by atoms with Crippen LogP contribution in [0.25, 0.3) is 0 Å². The second kappa shape index (κ2) is 6.23. The van der Waals surface area contributed by atoms with Crippen LogP contribution in [0.3, 0.4) is 0 Å². The summed E-state index contributed by atoms with van der Waals surface area (Å²) in [5.41, 5.74) is -0.360. The minimum Gasteiger partial charge on any atom is -0.325 e. The van der Waals surface area contributed by atoms with Gasteiger partial charge in [0.15, 0.2) is 0 Å². The first-order valence-electron chi connectivity index (χ1n) is 6.69. The van der Waals surface area contributed by atoms with E-state index in [4.69, 9.17) is 0 Å². The summed E-state index contributed by atoms with van der Waals surface area (Å²) in [5, 5.41) is 2.35. The molecule has 0 saturated heterocycles. The highest BCUT2D eigenvalue weighted by Gasteiger charge is 2.30. The number of aryl methyl sites for hydroxylation is 2. The van der Waals surface area contributed by atoms with E-state index in [9.17, 15) is 22.8 Å². The van der Waals surface area contributed by atoms with Crippen molar-refractivity contribution in [3.63, 3.8) is 0 Å². The Morgan fingerprint density at radius 1 is 1.26 bits per heavy atom. The average molecular weight is 325 g/mol. The average Bonchev–Trinajstić information content (AvgIpc) is 2.42. The zero-order chi connectivity index (χ0) is 17.2. The minimum atomic E-state index is -4.49. The van der Waals surface area contributed by atoms with E-state index >= 15 is 0 Å². The van der Waals surface area contributed by atoms with Gasteiger partial charge in [0.1, 0.15) is 6.54 Å². The van der Waals surface area contributed by atoms with Gasteiger partial charge in [-0.25, -0.2) is 4.79 Å². The third-order valence-corrected chi connectivity index (χ3v) is 3.12. The second-order valence-corrected chi connectivity index (χ2v) is 5.03. The Morgan fingerprint density at radius 3 is 2.57 bits per heavy atom. The van der Waals surface area contributed by atoms with E-state index in [2.05, 4.69) is 10.3 Å². The van der Waals surface area contributed by atoms with Crippen molar-refractivity contribution < 1.29 is 18.0 Å². The summed E-state index contributed by atoms with van der Waals surface area (Å²) in [7, 11) is 0. The minimum absolute atomic E-state index is 0.00981. The van der Waals surface area contributed by atoms with E-state index in [1.807, 2.05) is 0 Å². The number of alkyl halides is 3. The Kier molecular flexibility index (Phi) is 4.53. The van der Waals surface area contributed by atoms with Gasteiger partial charge in [-0.15, -0.1) is 0 Å². The molecule has 0 bridgehead atoms. The van der Waals surface area contributed by atoms with Crippen LogP contribution >= 0.6 is 0 Å². The van der Waals surface area contributed by atoms with Gasteiger partial charge in [0, 0.05) is 17.1 Å². The summed E-state index contributed by atoms with van der Waals surface area (Å²) in [5.74, 6) is -0.611. The highest BCUT2D eigenvalue weighted by Crippen LogP contribution is 2.30. The molecule has 0 aliphatic heterocycles. The molecule has 122 valence electrons. The Morgan fingerprint density at radius 2 is 1.96 bits per heavy atom. The van der Waals surface area contributed by atoms with Crippen molar-refractivity contribution in [2.45, 2.75) is 26.6 Å². The largest absolute Gasteiger partial charge is 0.416 e. The lowest BCUT2D eigenvalue weighted by Crippen LogP contribution is -2.31. The highest BCUT2D eigenvalue weighted by atomic mass is 19.4. The number of rotatable bonds is 3. The third-order valence-electron chi connectivity index (χ3n) is 3.12. The van der Waals surface area contributed by atoms with Gasteiger partial charge in [-0.05, 0) is 38.1 Å². The first-order valence-corrected chi connectivity index (χ1v) is 6.69. The van der Waals surface area contributed by atoms with Gasteiger partial charge in [0.2, 0.25) is 5.91 Å². The molecule has 1 aromatic carbocycles. The van der Waals surface area contributed by atoms with E-state index in [-0.39, 0.29) is 12.2 Å². The van der Waals surface area contributed by atoms with E-state index in [0.29, 0.717) is 11.4 Å². The van der Waals surface area contributed by atoms with Crippen LogP contribution in [0.1, 0.15) is 17.0 Å². The molecule has 8 heteroatoms. The van der Waals surface area contributed by atoms with Gasteiger partial charge < -0.3 is 5.32 Å². The van der Waals surface area contributed by atoms with Crippen molar-refractivity contribution >= 4 is 11.6 Å².